The number of amides is 1. The minimum Gasteiger partial charge on any atom is -0.469 e. The van der Waals surface area contributed by atoms with E-state index in [1.54, 1.807) is 27.7 Å². The molecule has 0 aromatic heterocycles. The van der Waals surface area contributed by atoms with Gasteiger partial charge in [0.2, 0.25) is 0 Å². The Morgan fingerprint density at radius 1 is 0.893 bits per heavy atom. The third-order valence-electron chi connectivity index (χ3n) is 4.47. The predicted octanol–water partition coefficient (Wildman–Crippen LogP) is 4.52. The van der Waals surface area contributed by atoms with Crippen molar-refractivity contribution in [2.45, 2.75) is 45.3 Å². The minimum absolute atomic E-state index is 0.246. The van der Waals surface area contributed by atoms with Crippen molar-refractivity contribution in [3.63, 3.8) is 0 Å². The summed E-state index contributed by atoms with van der Waals surface area (Å²) < 4.78 is 10.4. The molecule has 0 saturated heterocycles. The summed E-state index contributed by atoms with van der Waals surface area (Å²) >= 11 is 0. The van der Waals surface area contributed by atoms with Crippen molar-refractivity contribution in [1.82, 2.24) is 5.32 Å². The van der Waals surface area contributed by atoms with Gasteiger partial charge >= 0.3 is 12.1 Å². The van der Waals surface area contributed by atoms with E-state index in [1.165, 1.54) is 7.11 Å². The smallest absolute Gasteiger partial charge is 0.407 e. The topological polar surface area (TPSA) is 64.6 Å². The van der Waals surface area contributed by atoms with E-state index in [0.29, 0.717) is 0 Å². The second-order valence-corrected chi connectivity index (χ2v) is 7.78. The van der Waals surface area contributed by atoms with Crippen molar-refractivity contribution in [1.29, 1.82) is 0 Å². The fourth-order valence-corrected chi connectivity index (χ4v) is 3.20. The van der Waals surface area contributed by atoms with Crippen LogP contribution in [-0.2, 0) is 14.3 Å². The zero-order valence-corrected chi connectivity index (χ0v) is 17.1. The van der Waals surface area contributed by atoms with Crippen LogP contribution in [0.5, 0.6) is 0 Å². The molecule has 1 N–H and O–H groups in total. The van der Waals surface area contributed by atoms with Crippen molar-refractivity contribution in [2.75, 3.05) is 7.11 Å². The molecule has 0 spiro atoms. The molecule has 2 aromatic rings. The van der Waals surface area contributed by atoms with Crippen LogP contribution in [-0.4, -0.2) is 30.8 Å². The number of carbonyl (C=O) groups excluding carboxylic acids is 2. The highest BCUT2D eigenvalue weighted by Gasteiger charge is 2.36. The molecule has 1 amide bonds. The molecule has 0 aliphatic heterocycles. The van der Waals surface area contributed by atoms with Gasteiger partial charge in [0.05, 0.1) is 19.1 Å². The first kappa shape index (κ1) is 21.5. The molecule has 0 aliphatic rings. The van der Waals surface area contributed by atoms with Gasteiger partial charge in [-0.3, -0.25) is 4.79 Å². The number of hydrogen-bond donors (Lipinski definition) is 1. The number of hydrogen-bond acceptors (Lipinski definition) is 4. The number of rotatable bonds is 6. The van der Waals surface area contributed by atoms with E-state index in [9.17, 15) is 9.59 Å². The molecule has 150 valence electrons. The lowest BCUT2D eigenvalue weighted by Gasteiger charge is -2.33. The highest BCUT2D eigenvalue weighted by Crippen LogP contribution is 2.32. The Labute approximate surface area is 167 Å². The minimum atomic E-state index is -0.641. The lowest BCUT2D eigenvalue weighted by atomic mass is 9.79. The summed E-state index contributed by atoms with van der Waals surface area (Å²) in [6, 6.07) is 19.1. The molecule has 5 nitrogen and oxygen atoms in total. The summed E-state index contributed by atoms with van der Waals surface area (Å²) in [6.07, 6.45) is -0.565. The van der Waals surface area contributed by atoms with Gasteiger partial charge in [0, 0.05) is 5.92 Å². The predicted molar refractivity (Wildman–Crippen MR) is 109 cm³/mol. The Hall–Kier alpha value is -2.82. The second-order valence-electron chi connectivity index (χ2n) is 7.78. The van der Waals surface area contributed by atoms with Crippen molar-refractivity contribution in [2.24, 2.45) is 5.92 Å². The maximum atomic E-state index is 12.6. The van der Waals surface area contributed by atoms with Crippen molar-refractivity contribution in [3.05, 3.63) is 71.8 Å². The van der Waals surface area contributed by atoms with Gasteiger partial charge in [-0.2, -0.15) is 0 Å². The molecule has 0 bridgehead atoms. The van der Waals surface area contributed by atoms with Gasteiger partial charge in [-0.15, -0.1) is 0 Å². The Morgan fingerprint density at radius 3 is 1.75 bits per heavy atom. The molecule has 0 unspecified atom stereocenters. The summed E-state index contributed by atoms with van der Waals surface area (Å²) in [5, 5.41) is 2.92. The number of esters is 1. The molecule has 0 radical (unpaired) electrons. The van der Waals surface area contributed by atoms with E-state index in [4.69, 9.17) is 9.47 Å². The van der Waals surface area contributed by atoms with Gasteiger partial charge in [0.15, 0.2) is 0 Å². The maximum Gasteiger partial charge on any atom is 0.407 e. The highest BCUT2D eigenvalue weighted by atomic mass is 16.6. The van der Waals surface area contributed by atoms with Crippen LogP contribution in [0, 0.1) is 5.92 Å². The summed E-state index contributed by atoms with van der Waals surface area (Å²) in [5.41, 5.74) is 1.34. The van der Waals surface area contributed by atoms with Gasteiger partial charge in [-0.25, -0.2) is 4.79 Å². The van der Waals surface area contributed by atoms with Gasteiger partial charge < -0.3 is 14.8 Å². The van der Waals surface area contributed by atoms with E-state index in [1.807, 2.05) is 60.7 Å². The highest BCUT2D eigenvalue weighted by molar-refractivity contribution is 5.75. The molecule has 5 heteroatoms. The van der Waals surface area contributed by atoms with E-state index in [-0.39, 0.29) is 5.92 Å². The van der Waals surface area contributed by atoms with E-state index < -0.39 is 29.6 Å². The molecule has 0 saturated carbocycles. The quantitative estimate of drug-likeness (QED) is 0.745. The van der Waals surface area contributed by atoms with Crippen LogP contribution < -0.4 is 5.32 Å². The normalized spacial score (nSPS) is 13.5. The molecule has 0 heterocycles. The summed E-state index contributed by atoms with van der Waals surface area (Å²) in [4.78, 5) is 24.9. The number of methoxy groups -OCH3 is 1. The Kier molecular flexibility index (Phi) is 7.21. The third-order valence-corrected chi connectivity index (χ3v) is 4.47. The summed E-state index contributed by atoms with van der Waals surface area (Å²) in [7, 11) is 1.35. The Bertz CT molecular complexity index is 729. The second kappa shape index (κ2) is 9.40. The number of alkyl carbamates (subject to hydrolysis) is 1. The lowest BCUT2D eigenvalue weighted by molar-refractivity contribution is -0.145. The van der Waals surface area contributed by atoms with E-state index in [2.05, 4.69) is 5.32 Å². The largest absolute Gasteiger partial charge is 0.469 e. The number of nitrogens with one attached hydrogen (secondary N) is 1. The van der Waals surface area contributed by atoms with Crippen molar-refractivity contribution >= 4 is 12.1 Å². The average Bonchev–Trinajstić information content (AvgIpc) is 2.66. The number of carbonyl (C=O) groups is 2. The van der Waals surface area contributed by atoms with Gasteiger partial charge in [0.25, 0.3) is 0 Å². The lowest BCUT2D eigenvalue weighted by Crippen LogP contribution is -2.48. The molecule has 28 heavy (non-hydrogen) atoms. The molecule has 0 aliphatic carbocycles. The van der Waals surface area contributed by atoms with E-state index in [0.717, 1.165) is 11.1 Å². The monoisotopic (exact) mass is 383 g/mol. The Morgan fingerprint density at radius 2 is 1.36 bits per heavy atom. The summed E-state index contributed by atoms with van der Waals surface area (Å²) in [6.45, 7) is 7.17. The number of benzene rings is 2. The molecule has 0 fully saturated rings. The Balaban J connectivity index is 2.48. The van der Waals surface area contributed by atoms with Crippen molar-refractivity contribution < 1.29 is 19.1 Å². The fraction of sp³-hybridized carbons (Fsp3) is 0.391. The first-order chi connectivity index (χ1) is 13.2. The van der Waals surface area contributed by atoms with Crippen molar-refractivity contribution in [3.8, 4) is 0 Å². The SMILES string of the molecule is COC(=O)[C@@H](C)[C@@H](NC(=O)OC(C)(C)C)C(c1ccccc1)c1ccccc1. The van der Waals surface area contributed by atoms with E-state index >= 15 is 0 Å². The van der Waals surface area contributed by atoms with Crippen LogP contribution in [0.15, 0.2) is 60.7 Å². The van der Waals surface area contributed by atoms with Gasteiger partial charge in [-0.1, -0.05) is 60.7 Å². The zero-order valence-electron chi connectivity index (χ0n) is 17.1. The van der Waals surface area contributed by atoms with Crippen LogP contribution >= 0.6 is 0 Å². The first-order valence-corrected chi connectivity index (χ1v) is 9.40. The number of ether oxygens (including phenoxy) is 2. The molecular formula is C23H29NO4. The molecule has 2 rings (SSSR count). The summed E-state index contributed by atoms with van der Waals surface area (Å²) in [5.74, 6) is -1.22. The fourth-order valence-electron chi connectivity index (χ4n) is 3.20. The zero-order chi connectivity index (χ0) is 20.7. The third kappa shape index (κ3) is 5.84. The molecule has 2 atom stereocenters. The first-order valence-electron chi connectivity index (χ1n) is 9.40. The molecular weight excluding hydrogens is 354 g/mol. The average molecular weight is 383 g/mol. The van der Waals surface area contributed by atoms with Crippen LogP contribution in [0.3, 0.4) is 0 Å². The standard InChI is InChI=1S/C23H29NO4/c1-16(21(25)27-5)20(24-22(26)28-23(2,3)4)19(17-12-8-6-9-13-17)18-14-10-7-11-15-18/h6-16,19-20H,1-5H3,(H,24,26)/t16-,20+/m0/s1. The van der Waals surface area contributed by atoms with Crippen LogP contribution in [0.2, 0.25) is 0 Å². The van der Waals surface area contributed by atoms with Gasteiger partial charge in [0.1, 0.15) is 5.60 Å². The molecule has 2 aromatic carbocycles. The van der Waals surface area contributed by atoms with Gasteiger partial charge in [-0.05, 0) is 38.8 Å². The maximum absolute atomic E-state index is 12.6. The van der Waals surface area contributed by atoms with Crippen LogP contribution in [0.1, 0.15) is 44.7 Å². The van der Waals surface area contributed by atoms with Crippen LogP contribution in [0.4, 0.5) is 4.79 Å². The van der Waals surface area contributed by atoms with Crippen LogP contribution in [0.25, 0.3) is 0 Å².